The third-order valence-electron chi connectivity index (χ3n) is 3.69. The van der Waals surface area contributed by atoms with E-state index in [0.29, 0.717) is 27.9 Å². The minimum absolute atomic E-state index is 0.231. The zero-order valence-corrected chi connectivity index (χ0v) is 14.5. The van der Waals surface area contributed by atoms with Crippen molar-refractivity contribution in [3.8, 4) is 11.3 Å². The lowest BCUT2D eigenvalue weighted by atomic mass is 10.1. The molecule has 0 saturated heterocycles. The summed E-state index contributed by atoms with van der Waals surface area (Å²) >= 11 is 1.46. The van der Waals surface area contributed by atoms with Crippen LogP contribution in [0.4, 0.5) is 13.2 Å². The molecule has 1 aromatic heterocycles. The fourth-order valence-electron chi connectivity index (χ4n) is 2.34. The molecule has 3 aromatic rings. The van der Waals surface area contributed by atoms with Gasteiger partial charge in [-0.1, -0.05) is 54.2 Å². The molecule has 0 unspecified atom stereocenters. The minimum atomic E-state index is -4.36. The maximum Gasteiger partial charge on any atom is 0.416 e. The van der Waals surface area contributed by atoms with Crippen LogP contribution >= 0.6 is 11.8 Å². The lowest BCUT2D eigenvalue weighted by Gasteiger charge is -2.09. The SMILES string of the molecule is NCc1cc(-c2ccc(C(F)(F)F)cc2)nc(SCc2ccccc2)n1. The molecule has 0 amide bonds. The van der Waals surface area contributed by atoms with Crippen LogP contribution in [0.15, 0.2) is 65.8 Å². The summed E-state index contributed by atoms with van der Waals surface area (Å²) in [7, 11) is 0. The summed E-state index contributed by atoms with van der Waals surface area (Å²) in [5.41, 5.74) is 7.95. The molecule has 2 N–H and O–H groups in total. The van der Waals surface area contributed by atoms with Crippen molar-refractivity contribution in [2.45, 2.75) is 23.6 Å². The van der Waals surface area contributed by atoms with Crippen molar-refractivity contribution < 1.29 is 13.2 Å². The van der Waals surface area contributed by atoms with Crippen molar-refractivity contribution in [2.24, 2.45) is 5.73 Å². The quantitative estimate of drug-likeness (QED) is 0.508. The maximum atomic E-state index is 12.7. The van der Waals surface area contributed by atoms with Crippen LogP contribution in [0.3, 0.4) is 0 Å². The van der Waals surface area contributed by atoms with Gasteiger partial charge in [-0.3, -0.25) is 0 Å². The molecule has 0 spiro atoms. The Morgan fingerprint density at radius 3 is 2.23 bits per heavy atom. The molecule has 0 saturated carbocycles. The van der Waals surface area contributed by atoms with Crippen molar-refractivity contribution >= 4 is 11.8 Å². The van der Waals surface area contributed by atoms with Crippen LogP contribution in [0.2, 0.25) is 0 Å². The van der Waals surface area contributed by atoms with Crippen LogP contribution in [0.1, 0.15) is 16.8 Å². The molecule has 3 rings (SSSR count). The van der Waals surface area contributed by atoms with Crippen molar-refractivity contribution in [3.63, 3.8) is 0 Å². The van der Waals surface area contributed by atoms with Crippen molar-refractivity contribution in [1.82, 2.24) is 9.97 Å². The summed E-state index contributed by atoms with van der Waals surface area (Å²) < 4.78 is 38.2. The lowest BCUT2D eigenvalue weighted by Crippen LogP contribution is -2.05. The highest BCUT2D eigenvalue weighted by Crippen LogP contribution is 2.31. The van der Waals surface area contributed by atoms with E-state index in [0.717, 1.165) is 17.7 Å². The van der Waals surface area contributed by atoms with Crippen LogP contribution in [0.5, 0.6) is 0 Å². The topological polar surface area (TPSA) is 51.8 Å². The third kappa shape index (κ3) is 4.62. The Morgan fingerprint density at radius 2 is 1.62 bits per heavy atom. The second-order valence-corrected chi connectivity index (χ2v) is 6.52. The van der Waals surface area contributed by atoms with Crippen molar-refractivity contribution in [3.05, 3.63) is 77.5 Å². The Labute approximate surface area is 153 Å². The molecule has 0 aliphatic heterocycles. The summed E-state index contributed by atoms with van der Waals surface area (Å²) in [6, 6.07) is 16.5. The molecule has 26 heavy (non-hydrogen) atoms. The monoisotopic (exact) mass is 375 g/mol. The molecule has 0 radical (unpaired) electrons. The minimum Gasteiger partial charge on any atom is -0.325 e. The number of benzene rings is 2. The zero-order chi connectivity index (χ0) is 18.6. The number of nitrogens with two attached hydrogens (primary N) is 1. The zero-order valence-electron chi connectivity index (χ0n) is 13.7. The highest BCUT2D eigenvalue weighted by atomic mass is 32.2. The highest BCUT2D eigenvalue weighted by Gasteiger charge is 2.30. The number of halogens is 3. The molecule has 0 atom stereocenters. The van der Waals surface area contributed by atoms with Crippen molar-refractivity contribution in [1.29, 1.82) is 0 Å². The van der Waals surface area contributed by atoms with E-state index < -0.39 is 11.7 Å². The van der Waals surface area contributed by atoms with Gasteiger partial charge in [-0.2, -0.15) is 13.2 Å². The van der Waals surface area contributed by atoms with E-state index in [4.69, 9.17) is 5.73 Å². The molecule has 134 valence electrons. The van der Waals surface area contributed by atoms with E-state index in [9.17, 15) is 13.2 Å². The molecule has 0 fully saturated rings. The van der Waals surface area contributed by atoms with E-state index in [1.165, 1.54) is 23.9 Å². The third-order valence-corrected chi connectivity index (χ3v) is 4.61. The molecule has 2 aromatic carbocycles. The van der Waals surface area contributed by atoms with Gasteiger partial charge in [-0.05, 0) is 23.8 Å². The second kappa shape index (κ2) is 7.88. The highest BCUT2D eigenvalue weighted by molar-refractivity contribution is 7.98. The van der Waals surface area contributed by atoms with Gasteiger partial charge < -0.3 is 5.73 Å². The van der Waals surface area contributed by atoms with Crippen LogP contribution in [0, 0.1) is 0 Å². The molecular formula is C19H16F3N3S. The fraction of sp³-hybridized carbons (Fsp3) is 0.158. The smallest absolute Gasteiger partial charge is 0.325 e. The number of hydrogen-bond donors (Lipinski definition) is 1. The summed E-state index contributed by atoms with van der Waals surface area (Å²) in [6.45, 7) is 0.231. The Morgan fingerprint density at radius 1 is 0.923 bits per heavy atom. The number of alkyl halides is 3. The Balaban J connectivity index is 1.85. The van der Waals surface area contributed by atoms with Gasteiger partial charge in [0.2, 0.25) is 0 Å². The molecule has 0 aliphatic carbocycles. The maximum absolute atomic E-state index is 12.7. The molecule has 0 bridgehead atoms. The average Bonchev–Trinajstić information content (AvgIpc) is 2.66. The Hall–Kier alpha value is -2.38. The van der Waals surface area contributed by atoms with Gasteiger partial charge in [0, 0.05) is 17.9 Å². The summed E-state index contributed by atoms with van der Waals surface area (Å²) in [6.07, 6.45) is -4.36. The first kappa shape index (κ1) is 18.4. The normalized spacial score (nSPS) is 11.5. The molecule has 3 nitrogen and oxygen atoms in total. The number of hydrogen-bond acceptors (Lipinski definition) is 4. The first-order valence-electron chi connectivity index (χ1n) is 7.88. The summed E-state index contributed by atoms with van der Waals surface area (Å²) in [5, 5.41) is 0.548. The molecule has 1 heterocycles. The Kier molecular flexibility index (Phi) is 5.58. The van der Waals surface area contributed by atoms with Gasteiger partial charge in [0.05, 0.1) is 17.0 Å². The van der Waals surface area contributed by atoms with Gasteiger partial charge in [0.25, 0.3) is 0 Å². The van der Waals surface area contributed by atoms with Gasteiger partial charge >= 0.3 is 6.18 Å². The van der Waals surface area contributed by atoms with Crippen LogP contribution in [-0.2, 0) is 18.5 Å². The largest absolute Gasteiger partial charge is 0.416 e. The van der Waals surface area contributed by atoms with Gasteiger partial charge in [0.15, 0.2) is 5.16 Å². The fourth-order valence-corrected chi connectivity index (χ4v) is 3.18. The van der Waals surface area contributed by atoms with E-state index in [1.807, 2.05) is 30.3 Å². The lowest BCUT2D eigenvalue weighted by molar-refractivity contribution is -0.137. The second-order valence-electron chi connectivity index (χ2n) is 5.58. The number of aromatic nitrogens is 2. The van der Waals surface area contributed by atoms with E-state index in [2.05, 4.69) is 9.97 Å². The molecule has 7 heteroatoms. The van der Waals surface area contributed by atoms with E-state index in [1.54, 1.807) is 6.07 Å². The average molecular weight is 375 g/mol. The van der Waals surface area contributed by atoms with Gasteiger partial charge in [-0.25, -0.2) is 9.97 Å². The summed E-state index contributed by atoms with van der Waals surface area (Å²) in [4.78, 5) is 8.87. The predicted molar refractivity (Wildman–Crippen MR) is 96.4 cm³/mol. The first-order valence-corrected chi connectivity index (χ1v) is 8.86. The van der Waals surface area contributed by atoms with E-state index >= 15 is 0 Å². The summed E-state index contributed by atoms with van der Waals surface area (Å²) in [5.74, 6) is 0.696. The standard InChI is InChI=1S/C19H16F3N3S/c20-19(21,22)15-8-6-14(7-9-15)17-10-16(11-23)24-18(25-17)26-12-13-4-2-1-3-5-13/h1-10H,11-12,23H2. The van der Waals surface area contributed by atoms with Crippen LogP contribution < -0.4 is 5.73 Å². The number of thioether (sulfide) groups is 1. The predicted octanol–water partition coefficient (Wildman–Crippen LogP) is 4.91. The van der Waals surface area contributed by atoms with Gasteiger partial charge in [0.1, 0.15) is 0 Å². The number of nitrogens with zero attached hydrogens (tertiary/aromatic N) is 2. The van der Waals surface area contributed by atoms with Crippen LogP contribution in [-0.4, -0.2) is 9.97 Å². The molecule has 0 aliphatic rings. The first-order chi connectivity index (χ1) is 12.5. The van der Waals surface area contributed by atoms with Gasteiger partial charge in [-0.15, -0.1) is 0 Å². The van der Waals surface area contributed by atoms with Crippen LogP contribution in [0.25, 0.3) is 11.3 Å². The Bertz CT molecular complexity index is 865. The number of rotatable bonds is 5. The van der Waals surface area contributed by atoms with Crippen molar-refractivity contribution in [2.75, 3.05) is 0 Å². The molecular weight excluding hydrogens is 359 g/mol. The van der Waals surface area contributed by atoms with E-state index in [-0.39, 0.29) is 6.54 Å².